The van der Waals surface area contributed by atoms with Crippen LogP contribution in [0.3, 0.4) is 0 Å². The number of phenols is 2. The molecule has 8 heteroatoms. The SMILES string of the molecule is O=c1cc(-c2cccc(F)c2Br)oc2c([C@@H]3CCN[C@H]3CO)c(O)cc(O)c12. The Morgan fingerprint density at radius 2 is 2.04 bits per heavy atom. The van der Waals surface area contributed by atoms with Crippen molar-refractivity contribution in [1.29, 1.82) is 0 Å². The Hall–Kier alpha value is -2.42. The summed E-state index contributed by atoms with van der Waals surface area (Å²) in [5.41, 5.74) is 0.181. The minimum Gasteiger partial charge on any atom is -0.507 e. The number of hydrogen-bond acceptors (Lipinski definition) is 6. The highest BCUT2D eigenvalue weighted by molar-refractivity contribution is 9.10. The van der Waals surface area contributed by atoms with E-state index in [1.807, 2.05) is 0 Å². The van der Waals surface area contributed by atoms with Crippen molar-refractivity contribution in [1.82, 2.24) is 5.32 Å². The highest BCUT2D eigenvalue weighted by Gasteiger charge is 2.33. The second kappa shape index (κ2) is 7.20. The zero-order chi connectivity index (χ0) is 20.0. The van der Waals surface area contributed by atoms with Gasteiger partial charge >= 0.3 is 0 Å². The quantitative estimate of drug-likeness (QED) is 0.489. The number of benzene rings is 2. The molecule has 0 spiro atoms. The van der Waals surface area contributed by atoms with Crippen LogP contribution in [-0.2, 0) is 0 Å². The van der Waals surface area contributed by atoms with Crippen molar-refractivity contribution in [3.8, 4) is 22.8 Å². The molecule has 0 radical (unpaired) electrons. The molecule has 4 N–H and O–H groups in total. The molecule has 2 aromatic carbocycles. The predicted octanol–water partition coefficient (Wildman–Crippen LogP) is 3.21. The number of aliphatic hydroxyl groups is 1. The Labute approximate surface area is 167 Å². The average Bonchev–Trinajstić information content (AvgIpc) is 3.11. The summed E-state index contributed by atoms with van der Waals surface area (Å²) in [4.78, 5) is 12.7. The maximum Gasteiger partial charge on any atom is 0.197 e. The third-order valence-corrected chi connectivity index (χ3v) is 5.94. The van der Waals surface area contributed by atoms with Crippen molar-refractivity contribution in [3.05, 3.63) is 56.4 Å². The van der Waals surface area contributed by atoms with E-state index >= 15 is 0 Å². The molecule has 1 fully saturated rings. The first kappa shape index (κ1) is 18.9. The van der Waals surface area contributed by atoms with Crippen LogP contribution in [-0.4, -0.2) is 34.5 Å². The molecule has 1 saturated heterocycles. The Balaban J connectivity index is 2.04. The highest BCUT2D eigenvalue weighted by Crippen LogP contribution is 2.43. The molecule has 6 nitrogen and oxygen atoms in total. The Bertz CT molecular complexity index is 1130. The molecule has 0 aliphatic carbocycles. The van der Waals surface area contributed by atoms with Crippen LogP contribution in [0.5, 0.6) is 11.5 Å². The van der Waals surface area contributed by atoms with Crippen molar-refractivity contribution in [2.45, 2.75) is 18.4 Å². The lowest BCUT2D eigenvalue weighted by Gasteiger charge is -2.20. The summed E-state index contributed by atoms with van der Waals surface area (Å²) in [7, 11) is 0. The topological polar surface area (TPSA) is 103 Å². The van der Waals surface area contributed by atoms with Gasteiger partial charge in [0.2, 0.25) is 0 Å². The first-order valence-electron chi connectivity index (χ1n) is 8.73. The highest BCUT2D eigenvalue weighted by atomic mass is 79.9. The Morgan fingerprint density at radius 3 is 2.79 bits per heavy atom. The van der Waals surface area contributed by atoms with Gasteiger partial charge in [0.25, 0.3) is 0 Å². The molecular weight excluding hydrogens is 433 g/mol. The maximum absolute atomic E-state index is 13.9. The summed E-state index contributed by atoms with van der Waals surface area (Å²) in [5, 5.41) is 33.5. The number of aliphatic hydroxyl groups excluding tert-OH is 1. The third-order valence-electron chi connectivity index (χ3n) is 5.13. The fourth-order valence-electron chi connectivity index (χ4n) is 3.81. The van der Waals surface area contributed by atoms with Gasteiger partial charge in [-0.25, -0.2) is 4.39 Å². The van der Waals surface area contributed by atoms with E-state index in [0.29, 0.717) is 24.1 Å². The van der Waals surface area contributed by atoms with Gasteiger partial charge < -0.3 is 25.1 Å². The molecule has 2 atom stereocenters. The zero-order valence-corrected chi connectivity index (χ0v) is 16.2. The first-order valence-corrected chi connectivity index (χ1v) is 9.53. The monoisotopic (exact) mass is 449 g/mol. The second-order valence-corrected chi connectivity index (χ2v) is 7.54. The summed E-state index contributed by atoms with van der Waals surface area (Å²) in [5.74, 6) is -1.36. The van der Waals surface area contributed by atoms with E-state index in [-0.39, 0.29) is 45.5 Å². The standard InChI is InChI=1S/C20H17BrFNO5/c21-19-10(2-1-3-11(19)22)16-7-15(27)18-14(26)6-13(25)17(20(18)28-16)9-4-5-23-12(9)8-24/h1-3,6-7,9,12,23-26H,4-5,8H2/t9-,12+/m1/s1. The van der Waals surface area contributed by atoms with Crippen molar-refractivity contribution >= 4 is 26.9 Å². The van der Waals surface area contributed by atoms with E-state index < -0.39 is 17.0 Å². The Kier molecular flexibility index (Phi) is 4.86. The first-order chi connectivity index (χ1) is 13.4. The molecule has 1 aromatic heterocycles. The van der Waals surface area contributed by atoms with Crippen molar-refractivity contribution in [3.63, 3.8) is 0 Å². The molecule has 3 aromatic rings. The van der Waals surface area contributed by atoms with Gasteiger partial charge in [0, 0.05) is 35.2 Å². The number of aromatic hydroxyl groups is 2. The van der Waals surface area contributed by atoms with Gasteiger partial charge in [0.1, 0.15) is 34.0 Å². The molecule has 0 saturated carbocycles. The number of phenolic OH excluding ortho intramolecular Hbond substituents is 2. The van der Waals surface area contributed by atoms with Crippen LogP contribution in [0, 0.1) is 5.82 Å². The average molecular weight is 450 g/mol. The summed E-state index contributed by atoms with van der Waals surface area (Å²) in [6, 6.07) is 6.31. The third kappa shape index (κ3) is 2.97. The normalized spacial score (nSPS) is 19.4. The molecule has 0 unspecified atom stereocenters. The van der Waals surface area contributed by atoms with Gasteiger partial charge in [-0.15, -0.1) is 0 Å². The lowest BCUT2D eigenvalue weighted by Crippen LogP contribution is -2.29. The summed E-state index contributed by atoms with van der Waals surface area (Å²) in [6.07, 6.45) is 0.607. The minimum absolute atomic E-state index is 0.0308. The smallest absolute Gasteiger partial charge is 0.197 e. The van der Waals surface area contributed by atoms with Gasteiger partial charge in [-0.05, 0) is 41.0 Å². The second-order valence-electron chi connectivity index (χ2n) is 6.75. The van der Waals surface area contributed by atoms with Crippen LogP contribution < -0.4 is 10.7 Å². The van der Waals surface area contributed by atoms with Crippen LogP contribution >= 0.6 is 15.9 Å². The molecule has 1 aliphatic rings. The summed E-state index contributed by atoms with van der Waals surface area (Å²) < 4.78 is 20.0. The number of rotatable bonds is 3. The van der Waals surface area contributed by atoms with Crippen LogP contribution in [0.2, 0.25) is 0 Å². The molecule has 2 heterocycles. The largest absolute Gasteiger partial charge is 0.507 e. The number of halogens is 2. The van der Waals surface area contributed by atoms with E-state index in [1.54, 1.807) is 6.07 Å². The molecule has 1 aliphatic heterocycles. The molecule has 28 heavy (non-hydrogen) atoms. The van der Waals surface area contributed by atoms with Gasteiger partial charge in [-0.1, -0.05) is 6.07 Å². The van der Waals surface area contributed by atoms with Gasteiger partial charge in [-0.2, -0.15) is 0 Å². The lowest BCUT2D eigenvalue weighted by atomic mass is 9.89. The molecule has 0 amide bonds. The zero-order valence-electron chi connectivity index (χ0n) is 14.6. The van der Waals surface area contributed by atoms with Crippen LogP contribution in [0.25, 0.3) is 22.3 Å². The molecule has 4 rings (SSSR count). The number of fused-ring (bicyclic) bond motifs is 1. The van der Waals surface area contributed by atoms with E-state index in [0.717, 1.165) is 6.07 Å². The lowest BCUT2D eigenvalue weighted by molar-refractivity contribution is 0.244. The van der Waals surface area contributed by atoms with Gasteiger partial charge in [0.15, 0.2) is 5.43 Å². The van der Waals surface area contributed by atoms with E-state index in [9.17, 15) is 24.5 Å². The van der Waals surface area contributed by atoms with Crippen LogP contribution in [0.15, 0.2) is 44.0 Å². The predicted molar refractivity (Wildman–Crippen MR) is 105 cm³/mol. The van der Waals surface area contributed by atoms with Gasteiger partial charge in [-0.3, -0.25) is 4.79 Å². The molecule has 146 valence electrons. The van der Waals surface area contributed by atoms with Crippen molar-refractivity contribution < 1.29 is 24.1 Å². The number of nitrogens with one attached hydrogen (secondary N) is 1. The van der Waals surface area contributed by atoms with E-state index in [1.165, 1.54) is 18.2 Å². The van der Waals surface area contributed by atoms with Crippen molar-refractivity contribution in [2.24, 2.45) is 0 Å². The summed E-state index contributed by atoms with van der Waals surface area (Å²) in [6.45, 7) is 0.461. The van der Waals surface area contributed by atoms with E-state index in [2.05, 4.69) is 21.2 Å². The Morgan fingerprint density at radius 1 is 1.25 bits per heavy atom. The minimum atomic E-state index is -0.516. The summed E-state index contributed by atoms with van der Waals surface area (Å²) >= 11 is 3.16. The van der Waals surface area contributed by atoms with Crippen LogP contribution in [0.1, 0.15) is 17.9 Å². The number of hydrogen-bond donors (Lipinski definition) is 4. The fraction of sp³-hybridized carbons (Fsp3) is 0.250. The van der Waals surface area contributed by atoms with Gasteiger partial charge in [0.05, 0.1) is 11.1 Å². The molecular formula is C20H17BrFNO5. The van der Waals surface area contributed by atoms with E-state index in [4.69, 9.17) is 4.42 Å². The molecule has 0 bridgehead atoms. The maximum atomic E-state index is 13.9. The van der Waals surface area contributed by atoms with Crippen LogP contribution in [0.4, 0.5) is 4.39 Å². The van der Waals surface area contributed by atoms with Crippen molar-refractivity contribution in [2.75, 3.05) is 13.2 Å². The fourth-order valence-corrected chi connectivity index (χ4v) is 4.27.